The van der Waals surface area contributed by atoms with Crippen LogP contribution in [0.15, 0.2) is 24.4 Å². The van der Waals surface area contributed by atoms with Crippen LogP contribution in [0.4, 0.5) is 19.1 Å². The number of fused-ring (bicyclic) bond motifs is 5. The number of hydrogen-bond donors (Lipinski definition) is 2. The Morgan fingerprint density at radius 2 is 1.97 bits per heavy atom. The standard InChI is InChI=1S/C27H36F3N4O3PSi/c1-26(2,3)39-13-12-37-16-34-19-10-6-8-17-14-31-25(32-15-21(35)27(28,29)30)33-23(17)22(19)18-9-7-11-20(24(18)34)38(4,5)36/h7,9,11,14,21,35H,6,8,10,12-13,15-16H2,1-5H3,(H,31,32,33). The largest absolute Gasteiger partial charge is 0.416 e. The maximum absolute atomic E-state index is 13.4. The Labute approximate surface area is 229 Å². The SMILES string of the molecule is CC(C)(C)[Si]CCOCn1c2c(c3cccc(P(C)(C)=O)c31)-c1nc(NCC(O)C(F)(F)F)ncc1CCC2. The van der Waals surface area contributed by atoms with Crippen LogP contribution < -0.4 is 10.6 Å². The fourth-order valence-corrected chi connectivity index (χ4v) is 7.03. The van der Waals surface area contributed by atoms with Crippen LogP contribution in [0.1, 0.15) is 38.4 Å². The highest BCUT2D eigenvalue weighted by atomic mass is 31.2. The first-order valence-corrected chi connectivity index (χ1v) is 16.8. The molecule has 0 bridgehead atoms. The van der Waals surface area contributed by atoms with Gasteiger partial charge in [0.15, 0.2) is 6.10 Å². The van der Waals surface area contributed by atoms with E-state index >= 15 is 0 Å². The molecule has 4 rings (SSSR count). The fourth-order valence-electron chi connectivity index (χ4n) is 4.84. The average molecular weight is 581 g/mol. The van der Waals surface area contributed by atoms with Gasteiger partial charge in [-0.25, -0.2) is 9.97 Å². The van der Waals surface area contributed by atoms with Gasteiger partial charge in [-0.1, -0.05) is 32.9 Å². The first-order chi connectivity index (χ1) is 18.2. The predicted molar refractivity (Wildman–Crippen MR) is 151 cm³/mol. The molecule has 2 radical (unpaired) electrons. The summed E-state index contributed by atoms with van der Waals surface area (Å²) in [4.78, 5) is 8.86. The Balaban J connectivity index is 1.78. The number of ether oxygens (including phenoxy) is 1. The summed E-state index contributed by atoms with van der Waals surface area (Å²) >= 11 is 0. The number of rotatable bonds is 9. The lowest BCUT2D eigenvalue weighted by atomic mass is 10.0. The lowest BCUT2D eigenvalue weighted by molar-refractivity contribution is -0.198. The van der Waals surface area contributed by atoms with Gasteiger partial charge >= 0.3 is 6.18 Å². The number of hydrogen-bond acceptors (Lipinski definition) is 6. The summed E-state index contributed by atoms with van der Waals surface area (Å²) in [6.45, 7) is 10.3. The van der Waals surface area contributed by atoms with Gasteiger partial charge in [0.1, 0.15) is 13.9 Å². The van der Waals surface area contributed by atoms with E-state index in [1.54, 1.807) is 19.5 Å². The molecule has 1 atom stereocenters. The molecule has 7 nitrogen and oxygen atoms in total. The van der Waals surface area contributed by atoms with E-state index in [9.17, 15) is 22.8 Å². The van der Waals surface area contributed by atoms with Crippen molar-refractivity contribution in [2.75, 3.05) is 31.8 Å². The minimum absolute atomic E-state index is 0.0121. The Hall–Kier alpha value is -2.20. The second-order valence-electron chi connectivity index (χ2n) is 11.3. The molecule has 1 unspecified atom stereocenters. The van der Waals surface area contributed by atoms with Crippen LogP contribution in [0.25, 0.3) is 22.2 Å². The number of halogens is 3. The number of aliphatic hydroxyl groups is 1. The van der Waals surface area contributed by atoms with Crippen molar-refractivity contribution >= 4 is 38.8 Å². The zero-order valence-electron chi connectivity index (χ0n) is 23.0. The molecule has 0 spiro atoms. The molecule has 2 N–H and O–H groups in total. The summed E-state index contributed by atoms with van der Waals surface area (Å²) in [5, 5.41) is 13.8. The van der Waals surface area contributed by atoms with Crippen LogP contribution in [-0.4, -0.2) is 67.9 Å². The molecule has 0 fully saturated rings. The van der Waals surface area contributed by atoms with Crippen LogP contribution in [-0.2, 0) is 28.9 Å². The maximum Gasteiger partial charge on any atom is 0.416 e. The van der Waals surface area contributed by atoms with E-state index < -0.39 is 26.0 Å². The van der Waals surface area contributed by atoms with E-state index in [0.717, 1.165) is 61.4 Å². The van der Waals surface area contributed by atoms with Gasteiger partial charge in [-0.2, -0.15) is 13.2 Å². The van der Waals surface area contributed by atoms with Crippen molar-refractivity contribution in [1.82, 2.24) is 14.5 Å². The maximum atomic E-state index is 13.4. The Bertz CT molecular complexity index is 1380. The molecular formula is C27H36F3N4O3PSi. The number of aryl methyl sites for hydroxylation is 1. The van der Waals surface area contributed by atoms with Crippen molar-refractivity contribution in [3.63, 3.8) is 0 Å². The monoisotopic (exact) mass is 580 g/mol. The fraction of sp³-hybridized carbons (Fsp3) is 0.556. The summed E-state index contributed by atoms with van der Waals surface area (Å²) in [5.74, 6) is 0.0121. The molecule has 2 heterocycles. The van der Waals surface area contributed by atoms with E-state index in [4.69, 9.17) is 4.74 Å². The van der Waals surface area contributed by atoms with Crippen LogP contribution >= 0.6 is 7.14 Å². The molecule has 0 saturated heterocycles. The summed E-state index contributed by atoms with van der Waals surface area (Å²) in [6.07, 6.45) is -3.35. The molecule has 0 saturated carbocycles. The van der Waals surface area contributed by atoms with Crippen molar-refractivity contribution in [1.29, 1.82) is 0 Å². The summed E-state index contributed by atoms with van der Waals surface area (Å²) < 4.78 is 60.1. The highest BCUT2D eigenvalue weighted by Gasteiger charge is 2.38. The number of aromatic nitrogens is 3. The van der Waals surface area contributed by atoms with E-state index in [1.807, 2.05) is 18.2 Å². The van der Waals surface area contributed by atoms with Crippen LogP contribution in [0, 0.1) is 0 Å². The Morgan fingerprint density at radius 3 is 2.64 bits per heavy atom. The number of aliphatic hydroxyl groups excluding tert-OH is 1. The molecule has 3 aromatic rings. The molecule has 1 aliphatic rings. The van der Waals surface area contributed by atoms with Gasteiger partial charge < -0.3 is 24.3 Å². The van der Waals surface area contributed by atoms with E-state index in [-0.39, 0.29) is 11.0 Å². The first-order valence-electron chi connectivity index (χ1n) is 13.0. The predicted octanol–water partition coefficient (Wildman–Crippen LogP) is 5.49. The number of nitrogens with one attached hydrogen (secondary N) is 1. The van der Waals surface area contributed by atoms with Gasteiger partial charge in [0.05, 0.1) is 17.8 Å². The van der Waals surface area contributed by atoms with E-state index in [1.165, 1.54) is 0 Å². The third kappa shape index (κ3) is 6.93. The van der Waals surface area contributed by atoms with Gasteiger partial charge in [-0.3, -0.25) is 0 Å². The smallest absolute Gasteiger partial charge is 0.382 e. The van der Waals surface area contributed by atoms with Crippen molar-refractivity contribution in [2.24, 2.45) is 0 Å². The number of anilines is 1. The third-order valence-electron chi connectivity index (χ3n) is 6.66. The minimum Gasteiger partial charge on any atom is -0.382 e. The van der Waals surface area contributed by atoms with Crippen molar-refractivity contribution in [3.8, 4) is 11.3 Å². The van der Waals surface area contributed by atoms with Crippen molar-refractivity contribution in [3.05, 3.63) is 35.7 Å². The lowest BCUT2D eigenvalue weighted by Crippen LogP contribution is -2.35. The van der Waals surface area contributed by atoms with Crippen molar-refractivity contribution < 1.29 is 27.6 Å². The van der Waals surface area contributed by atoms with E-state index in [2.05, 4.69) is 40.6 Å². The van der Waals surface area contributed by atoms with Crippen LogP contribution in [0.3, 0.4) is 0 Å². The number of para-hydroxylation sites is 1. The molecular weight excluding hydrogens is 544 g/mol. The summed E-state index contributed by atoms with van der Waals surface area (Å²) in [5.41, 5.74) is 4.25. The molecule has 12 heteroatoms. The normalized spacial score (nSPS) is 15.1. The zero-order valence-corrected chi connectivity index (χ0v) is 24.9. The van der Waals surface area contributed by atoms with Gasteiger partial charge in [-0.15, -0.1) is 0 Å². The molecule has 212 valence electrons. The highest BCUT2D eigenvalue weighted by Crippen LogP contribution is 2.44. The molecule has 1 aromatic carbocycles. The summed E-state index contributed by atoms with van der Waals surface area (Å²) in [6, 6.07) is 6.71. The van der Waals surface area contributed by atoms with Crippen LogP contribution in [0.2, 0.25) is 11.1 Å². The average Bonchev–Trinajstić information content (AvgIpc) is 3.01. The minimum atomic E-state index is -4.74. The third-order valence-corrected chi connectivity index (χ3v) is 9.70. The highest BCUT2D eigenvalue weighted by molar-refractivity contribution is 7.70. The topological polar surface area (TPSA) is 89.3 Å². The van der Waals surface area contributed by atoms with Gasteiger partial charge in [0.2, 0.25) is 5.95 Å². The molecule has 0 amide bonds. The second-order valence-corrected chi connectivity index (χ2v) is 16.9. The first kappa shape index (κ1) is 29.8. The van der Waals surface area contributed by atoms with Crippen LogP contribution in [0.5, 0.6) is 0 Å². The van der Waals surface area contributed by atoms with Gasteiger partial charge in [0, 0.05) is 44.3 Å². The summed E-state index contributed by atoms with van der Waals surface area (Å²) in [7, 11) is -1.89. The Kier molecular flexibility index (Phi) is 8.66. The zero-order chi connectivity index (χ0) is 28.6. The molecule has 2 aromatic heterocycles. The second kappa shape index (κ2) is 11.3. The van der Waals surface area contributed by atoms with Gasteiger partial charge in [0.25, 0.3) is 0 Å². The number of nitrogens with zero attached hydrogens (tertiary/aromatic N) is 3. The lowest BCUT2D eigenvalue weighted by Gasteiger charge is -2.18. The van der Waals surface area contributed by atoms with E-state index in [0.29, 0.717) is 25.5 Å². The molecule has 39 heavy (non-hydrogen) atoms. The molecule has 1 aliphatic carbocycles. The molecule has 0 aliphatic heterocycles. The number of benzene rings is 1. The number of alkyl halides is 3. The van der Waals surface area contributed by atoms with Gasteiger partial charge in [-0.05, 0) is 55.3 Å². The van der Waals surface area contributed by atoms with Crippen molar-refractivity contribution in [2.45, 2.75) is 70.1 Å². The Morgan fingerprint density at radius 1 is 1.23 bits per heavy atom. The quantitative estimate of drug-likeness (QED) is 0.198.